The van der Waals surface area contributed by atoms with Gasteiger partial charge in [0.05, 0.1) is 17.9 Å². The molecule has 1 saturated heterocycles. The van der Waals surface area contributed by atoms with Gasteiger partial charge in [-0.05, 0) is 24.8 Å². The van der Waals surface area contributed by atoms with Crippen LogP contribution in [-0.2, 0) is 17.7 Å². The van der Waals surface area contributed by atoms with E-state index in [2.05, 4.69) is 29.4 Å². The van der Waals surface area contributed by atoms with E-state index in [1.807, 2.05) is 16.9 Å². The molecule has 1 atom stereocenters. The molecular weight excluding hydrogens is 264 g/mol. The highest BCUT2D eigenvalue weighted by Crippen LogP contribution is 2.26. The molecule has 1 aromatic carbocycles. The number of rotatable bonds is 6. The average molecular weight is 284 g/mol. The van der Waals surface area contributed by atoms with E-state index in [1.54, 1.807) is 0 Å². The van der Waals surface area contributed by atoms with Crippen LogP contribution in [0.2, 0.25) is 0 Å². The van der Waals surface area contributed by atoms with Gasteiger partial charge in [0.25, 0.3) is 0 Å². The van der Waals surface area contributed by atoms with E-state index in [1.165, 1.54) is 5.56 Å². The highest BCUT2D eigenvalue weighted by Gasteiger charge is 2.23. The van der Waals surface area contributed by atoms with Crippen LogP contribution in [0.25, 0.3) is 0 Å². The highest BCUT2D eigenvalue weighted by atomic mass is 16.5. The summed E-state index contributed by atoms with van der Waals surface area (Å²) in [6.45, 7) is 2.29. The van der Waals surface area contributed by atoms with Crippen molar-refractivity contribution in [3.05, 3.63) is 53.3 Å². The average Bonchev–Trinajstić information content (AvgIpc) is 3.17. The van der Waals surface area contributed by atoms with Crippen LogP contribution < -0.4 is 0 Å². The van der Waals surface area contributed by atoms with Gasteiger partial charge < -0.3 is 4.74 Å². The first-order valence-electron chi connectivity index (χ1n) is 7.51. The third kappa shape index (κ3) is 3.39. The molecule has 1 fully saturated rings. The van der Waals surface area contributed by atoms with E-state index < -0.39 is 0 Å². The Balaban J connectivity index is 1.61. The molecule has 1 aliphatic heterocycles. The van der Waals surface area contributed by atoms with Gasteiger partial charge in [-0.25, -0.2) is 0 Å². The van der Waals surface area contributed by atoms with Crippen molar-refractivity contribution in [2.24, 2.45) is 0 Å². The second-order valence-corrected chi connectivity index (χ2v) is 5.50. The Hall–Kier alpha value is -1.94. The van der Waals surface area contributed by atoms with Crippen molar-refractivity contribution in [1.29, 1.82) is 0 Å². The lowest BCUT2D eigenvalue weighted by atomic mass is 10.0. The van der Waals surface area contributed by atoms with Gasteiger partial charge in [-0.3, -0.25) is 9.48 Å². The second-order valence-electron chi connectivity index (χ2n) is 5.50. The monoisotopic (exact) mass is 284 g/mol. The number of nitrogens with zero attached hydrogens (tertiary/aromatic N) is 2. The smallest absolute Gasteiger partial charge is 0.153 e. The van der Waals surface area contributed by atoms with Gasteiger partial charge in [0.1, 0.15) is 0 Å². The summed E-state index contributed by atoms with van der Waals surface area (Å²) in [5.74, 6) is 0.278. The number of ether oxygens (including phenoxy) is 1. The molecule has 0 spiro atoms. The Morgan fingerprint density at radius 1 is 1.33 bits per heavy atom. The molecule has 1 unspecified atom stereocenters. The van der Waals surface area contributed by atoms with Gasteiger partial charge in [0.15, 0.2) is 6.29 Å². The van der Waals surface area contributed by atoms with Gasteiger partial charge in [-0.2, -0.15) is 5.10 Å². The van der Waals surface area contributed by atoms with E-state index >= 15 is 0 Å². The van der Waals surface area contributed by atoms with E-state index in [-0.39, 0.29) is 5.92 Å². The first-order chi connectivity index (χ1) is 10.4. The number of benzene rings is 1. The molecule has 1 aliphatic rings. The Morgan fingerprint density at radius 2 is 2.19 bits per heavy atom. The molecule has 0 amide bonds. The largest absolute Gasteiger partial charge is 0.381 e. The maximum absolute atomic E-state index is 11.2. The molecule has 2 heterocycles. The first kappa shape index (κ1) is 14.0. The van der Waals surface area contributed by atoms with Crippen molar-refractivity contribution in [3.8, 4) is 0 Å². The standard InChI is InChI=1S/C17H20N2O2/c20-12-16-11-19(18-17(16)15-8-10-21-13-15)9-4-7-14-5-2-1-3-6-14/h1-3,5-6,11-12,15H,4,7-10,13H2. The zero-order valence-corrected chi connectivity index (χ0v) is 12.1. The van der Waals surface area contributed by atoms with Crippen molar-refractivity contribution in [2.45, 2.75) is 31.7 Å². The lowest BCUT2D eigenvalue weighted by Gasteiger charge is -2.04. The molecule has 0 aliphatic carbocycles. The molecular formula is C17H20N2O2. The normalized spacial score (nSPS) is 18.0. The minimum atomic E-state index is 0.278. The van der Waals surface area contributed by atoms with E-state index in [4.69, 9.17) is 4.74 Å². The maximum Gasteiger partial charge on any atom is 0.153 e. The van der Waals surface area contributed by atoms with Gasteiger partial charge in [0.2, 0.25) is 0 Å². The summed E-state index contributed by atoms with van der Waals surface area (Å²) in [7, 11) is 0. The van der Waals surface area contributed by atoms with Gasteiger partial charge in [-0.15, -0.1) is 0 Å². The SMILES string of the molecule is O=Cc1cn(CCCc2ccccc2)nc1C1CCOC1. The summed E-state index contributed by atoms with van der Waals surface area (Å²) >= 11 is 0. The number of aromatic nitrogens is 2. The minimum Gasteiger partial charge on any atom is -0.381 e. The van der Waals surface area contributed by atoms with Crippen LogP contribution in [-0.4, -0.2) is 29.3 Å². The van der Waals surface area contributed by atoms with Crippen LogP contribution in [0, 0.1) is 0 Å². The summed E-state index contributed by atoms with van der Waals surface area (Å²) in [6, 6.07) is 10.4. The molecule has 21 heavy (non-hydrogen) atoms. The number of aldehydes is 1. The minimum absolute atomic E-state index is 0.278. The number of aryl methyl sites for hydroxylation is 2. The maximum atomic E-state index is 11.2. The molecule has 0 N–H and O–H groups in total. The molecule has 110 valence electrons. The van der Waals surface area contributed by atoms with Crippen molar-refractivity contribution in [3.63, 3.8) is 0 Å². The van der Waals surface area contributed by atoms with Gasteiger partial charge >= 0.3 is 0 Å². The predicted octanol–water partition coefficient (Wildman–Crippen LogP) is 2.83. The van der Waals surface area contributed by atoms with Crippen LogP contribution in [0.3, 0.4) is 0 Å². The molecule has 2 aromatic rings. The fourth-order valence-electron chi connectivity index (χ4n) is 2.81. The Kier molecular flexibility index (Phi) is 4.46. The van der Waals surface area contributed by atoms with Crippen molar-refractivity contribution in [1.82, 2.24) is 9.78 Å². The third-order valence-corrected chi connectivity index (χ3v) is 3.96. The van der Waals surface area contributed by atoms with Crippen molar-refractivity contribution in [2.75, 3.05) is 13.2 Å². The Bertz CT molecular complexity index is 586. The number of carbonyl (C=O) groups excluding carboxylic acids is 1. The lowest BCUT2D eigenvalue weighted by Crippen LogP contribution is -2.04. The van der Waals surface area contributed by atoms with Crippen molar-refractivity contribution >= 4 is 6.29 Å². The lowest BCUT2D eigenvalue weighted by molar-refractivity contribution is 0.112. The molecule has 0 radical (unpaired) electrons. The highest BCUT2D eigenvalue weighted by molar-refractivity contribution is 5.76. The van der Waals surface area contributed by atoms with Crippen LogP contribution in [0.1, 0.15) is 40.4 Å². The molecule has 4 heteroatoms. The number of hydrogen-bond donors (Lipinski definition) is 0. The van der Waals surface area contributed by atoms with E-state index in [0.29, 0.717) is 12.2 Å². The van der Waals surface area contributed by atoms with Crippen LogP contribution in [0.5, 0.6) is 0 Å². The van der Waals surface area contributed by atoms with Crippen LogP contribution in [0.15, 0.2) is 36.5 Å². The van der Waals surface area contributed by atoms with Gasteiger partial charge in [-0.1, -0.05) is 30.3 Å². The second kappa shape index (κ2) is 6.68. The zero-order chi connectivity index (χ0) is 14.5. The van der Waals surface area contributed by atoms with Crippen LogP contribution in [0.4, 0.5) is 0 Å². The first-order valence-corrected chi connectivity index (χ1v) is 7.51. The number of carbonyl (C=O) groups is 1. The topological polar surface area (TPSA) is 44.1 Å². The van der Waals surface area contributed by atoms with E-state index in [0.717, 1.165) is 44.4 Å². The Labute approximate surface area is 124 Å². The molecule has 4 nitrogen and oxygen atoms in total. The summed E-state index contributed by atoms with van der Waals surface area (Å²) in [6.07, 6.45) is 5.78. The Morgan fingerprint density at radius 3 is 2.90 bits per heavy atom. The number of hydrogen-bond acceptors (Lipinski definition) is 3. The molecule has 1 aromatic heterocycles. The molecule has 3 rings (SSSR count). The fraction of sp³-hybridized carbons (Fsp3) is 0.412. The quantitative estimate of drug-likeness (QED) is 0.766. The fourth-order valence-corrected chi connectivity index (χ4v) is 2.81. The molecule has 0 bridgehead atoms. The summed E-state index contributed by atoms with van der Waals surface area (Å²) in [4.78, 5) is 11.2. The van der Waals surface area contributed by atoms with E-state index in [9.17, 15) is 4.79 Å². The van der Waals surface area contributed by atoms with Crippen molar-refractivity contribution < 1.29 is 9.53 Å². The summed E-state index contributed by atoms with van der Waals surface area (Å²) in [5.41, 5.74) is 2.96. The van der Waals surface area contributed by atoms with Crippen LogP contribution >= 0.6 is 0 Å². The predicted molar refractivity (Wildman–Crippen MR) is 80.6 cm³/mol. The summed E-state index contributed by atoms with van der Waals surface area (Å²) < 4.78 is 7.30. The van der Waals surface area contributed by atoms with Gasteiger partial charge in [0, 0.05) is 25.3 Å². The zero-order valence-electron chi connectivity index (χ0n) is 12.1. The summed E-state index contributed by atoms with van der Waals surface area (Å²) in [5, 5.41) is 4.60. The third-order valence-electron chi connectivity index (χ3n) is 3.96. The molecule has 0 saturated carbocycles.